The van der Waals surface area contributed by atoms with Crippen molar-refractivity contribution < 1.29 is 4.79 Å². The number of nitrogens with one attached hydrogen (secondary N) is 1. The average molecular weight is 370 g/mol. The van der Waals surface area contributed by atoms with E-state index in [4.69, 9.17) is 0 Å². The molecule has 0 saturated carbocycles. The van der Waals surface area contributed by atoms with E-state index in [9.17, 15) is 4.79 Å². The number of carbonyl (C=O) groups excluding carboxylic acids is 1. The smallest absolute Gasteiger partial charge is 0.234 e. The number of anilines is 1. The van der Waals surface area contributed by atoms with Gasteiger partial charge in [0.25, 0.3) is 0 Å². The van der Waals surface area contributed by atoms with E-state index in [2.05, 4.69) is 39.8 Å². The summed E-state index contributed by atoms with van der Waals surface area (Å²) in [6, 6.07) is 1.82. The van der Waals surface area contributed by atoms with Gasteiger partial charge in [0.2, 0.25) is 11.9 Å². The second-order valence-corrected chi connectivity index (χ2v) is 7.08. The van der Waals surface area contributed by atoms with Crippen molar-refractivity contribution in [1.29, 1.82) is 0 Å². The second kappa shape index (κ2) is 8.43. The minimum atomic E-state index is 0.0328. The predicted octanol–water partition coefficient (Wildman–Crippen LogP) is 0.233. The minimum absolute atomic E-state index is 0.0328. The van der Waals surface area contributed by atoms with E-state index >= 15 is 0 Å². The van der Waals surface area contributed by atoms with Crippen molar-refractivity contribution in [3.05, 3.63) is 30.1 Å². The fourth-order valence-electron chi connectivity index (χ4n) is 3.67. The van der Waals surface area contributed by atoms with Crippen LogP contribution in [0.15, 0.2) is 18.5 Å². The molecule has 4 rings (SSSR count). The second-order valence-electron chi connectivity index (χ2n) is 7.08. The van der Waals surface area contributed by atoms with Crippen molar-refractivity contribution in [1.82, 2.24) is 34.9 Å². The summed E-state index contributed by atoms with van der Waals surface area (Å²) in [5.41, 5.74) is 0. The van der Waals surface area contributed by atoms with Crippen molar-refractivity contribution in [3.63, 3.8) is 0 Å². The van der Waals surface area contributed by atoms with E-state index < -0.39 is 0 Å². The zero-order valence-corrected chi connectivity index (χ0v) is 15.5. The maximum atomic E-state index is 12.3. The molecule has 0 radical (unpaired) electrons. The fourth-order valence-corrected chi connectivity index (χ4v) is 3.67. The van der Waals surface area contributed by atoms with Crippen LogP contribution in [-0.2, 0) is 24.3 Å². The van der Waals surface area contributed by atoms with E-state index in [0.717, 1.165) is 63.2 Å². The number of hydrogen-bond donors (Lipinski definition) is 1. The van der Waals surface area contributed by atoms with Crippen molar-refractivity contribution in [3.8, 4) is 0 Å². The molecule has 2 aromatic rings. The van der Waals surface area contributed by atoms with Crippen LogP contribution in [0.1, 0.15) is 30.9 Å². The van der Waals surface area contributed by atoms with Gasteiger partial charge in [-0.3, -0.25) is 9.69 Å². The Morgan fingerprint density at radius 1 is 1.00 bits per heavy atom. The summed E-state index contributed by atoms with van der Waals surface area (Å²) < 4.78 is 2.17. The number of aromatic nitrogens is 5. The molecular formula is C18H26N8O. The van der Waals surface area contributed by atoms with Gasteiger partial charge in [-0.1, -0.05) is 6.42 Å². The highest BCUT2D eigenvalue weighted by Gasteiger charge is 2.21. The van der Waals surface area contributed by atoms with Crippen molar-refractivity contribution >= 4 is 11.9 Å². The summed E-state index contributed by atoms with van der Waals surface area (Å²) in [6.07, 6.45) is 8.05. The molecule has 0 aliphatic carbocycles. The Morgan fingerprint density at radius 3 is 2.63 bits per heavy atom. The normalized spacial score (nSPS) is 18.0. The number of carbonyl (C=O) groups is 1. The van der Waals surface area contributed by atoms with Crippen LogP contribution in [0.5, 0.6) is 0 Å². The largest absolute Gasteiger partial charge is 0.348 e. The Hall–Kier alpha value is -2.55. The number of amides is 1. The van der Waals surface area contributed by atoms with Crippen molar-refractivity contribution in [2.75, 3.05) is 37.6 Å². The van der Waals surface area contributed by atoms with Gasteiger partial charge in [-0.15, -0.1) is 10.2 Å². The lowest BCUT2D eigenvalue weighted by molar-refractivity contribution is -0.122. The lowest BCUT2D eigenvalue weighted by atomic mass is 10.2. The molecule has 144 valence electrons. The molecule has 0 bridgehead atoms. The average Bonchev–Trinajstić information content (AvgIpc) is 2.93. The number of hydrogen-bond acceptors (Lipinski definition) is 7. The maximum Gasteiger partial charge on any atom is 0.234 e. The van der Waals surface area contributed by atoms with E-state index in [1.807, 2.05) is 6.07 Å². The Morgan fingerprint density at radius 2 is 1.81 bits per heavy atom. The summed E-state index contributed by atoms with van der Waals surface area (Å²) in [5, 5.41) is 11.6. The number of piperazine rings is 1. The highest BCUT2D eigenvalue weighted by atomic mass is 16.2. The van der Waals surface area contributed by atoms with E-state index in [0.29, 0.717) is 13.1 Å². The van der Waals surface area contributed by atoms with Gasteiger partial charge in [-0.25, -0.2) is 9.97 Å². The summed E-state index contributed by atoms with van der Waals surface area (Å²) in [4.78, 5) is 25.2. The standard InChI is InChI=1S/C18H26N8O/c27-17(21-13-16-23-22-15-5-2-1-3-8-26(15)16)14-24-9-11-25(12-10-24)18-19-6-4-7-20-18/h4,6-7H,1-3,5,8-14H2,(H,21,27). The third-order valence-corrected chi connectivity index (χ3v) is 5.20. The summed E-state index contributed by atoms with van der Waals surface area (Å²) >= 11 is 0. The first-order valence-electron chi connectivity index (χ1n) is 9.71. The molecule has 1 N–H and O–H groups in total. The predicted molar refractivity (Wildman–Crippen MR) is 100 cm³/mol. The zero-order chi connectivity index (χ0) is 18.5. The maximum absolute atomic E-state index is 12.3. The highest BCUT2D eigenvalue weighted by Crippen LogP contribution is 2.14. The van der Waals surface area contributed by atoms with Crippen LogP contribution < -0.4 is 10.2 Å². The molecule has 1 saturated heterocycles. The fraction of sp³-hybridized carbons (Fsp3) is 0.611. The van der Waals surface area contributed by atoms with Gasteiger partial charge >= 0.3 is 0 Å². The summed E-state index contributed by atoms with van der Waals surface area (Å²) in [6.45, 7) is 5.12. The van der Waals surface area contributed by atoms with Gasteiger partial charge in [0.05, 0.1) is 13.1 Å². The Balaban J connectivity index is 1.23. The van der Waals surface area contributed by atoms with Crippen molar-refractivity contribution in [2.24, 2.45) is 0 Å². The molecule has 0 spiro atoms. The first kappa shape index (κ1) is 17.8. The summed E-state index contributed by atoms with van der Waals surface area (Å²) in [5.74, 6) is 2.71. The molecule has 9 heteroatoms. The lowest BCUT2D eigenvalue weighted by Gasteiger charge is -2.34. The van der Waals surface area contributed by atoms with Gasteiger partial charge in [-0.05, 0) is 18.9 Å². The molecule has 0 aromatic carbocycles. The van der Waals surface area contributed by atoms with Gasteiger partial charge in [0.15, 0.2) is 5.82 Å². The third-order valence-electron chi connectivity index (χ3n) is 5.20. The lowest BCUT2D eigenvalue weighted by Crippen LogP contribution is -2.49. The van der Waals surface area contributed by atoms with Gasteiger partial charge in [0.1, 0.15) is 5.82 Å². The topological polar surface area (TPSA) is 92.1 Å². The molecular weight excluding hydrogens is 344 g/mol. The van der Waals surface area contributed by atoms with Crippen LogP contribution >= 0.6 is 0 Å². The quantitative estimate of drug-likeness (QED) is 0.806. The van der Waals surface area contributed by atoms with Gasteiger partial charge in [-0.2, -0.15) is 0 Å². The Kier molecular flexibility index (Phi) is 5.57. The molecule has 0 atom stereocenters. The molecule has 9 nitrogen and oxygen atoms in total. The van der Waals surface area contributed by atoms with Gasteiger partial charge < -0.3 is 14.8 Å². The first-order chi connectivity index (χ1) is 13.3. The van der Waals surface area contributed by atoms with Crippen molar-refractivity contribution in [2.45, 2.75) is 38.8 Å². The monoisotopic (exact) mass is 370 g/mol. The SMILES string of the molecule is O=C(CN1CCN(c2ncccn2)CC1)NCc1nnc2n1CCCCC2. The molecule has 2 aliphatic heterocycles. The minimum Gasteiger partial charge on any atom is -0.348 e. The molecule has 2 aliphatic rings. The number of rotatable bonds is 5. The Labute approximate surface area is 158 Å². The number of fused-ring (bicyclic) bond motifs is 1. The van der Waals surface area contributed by atoms with E-state index in [1.54, 1.807) is 12.4 Å². The molecule has 0 unspecified atom stereocenters. The van der Waals surface area contributed by atoms with Crippen LogP contribution in [0.2, 0.25) is 0 Å². The number of nitrogens with zero attached hydrogens (tertiary/aromatic N) is 7. The molecule has 1 amide bonds. The first-order valence-corrected chi connectivity index (χ1v) is 9.71. The van der Waals surface area contributed by atoms with Crippen LogP contribution in [0.3, 0.4) is 0 Å². The van der Waals surface area contributed by atoms with E-state index in [1.165, 1.54) is 12.8 Å². The zero-order valence-electron chi connectivity index (χ0n) is 15.5. The molecule has 4 heterocycles. The Bertz CT molecular complexity index is 754. The summed E-state index contributed by atoms with van der Waals surface area (Å²) in [7, 11) is 0. The van der Waals surface area contributed by atoms with Gasteiger partial charge in [0, 0.05) is 51.5 Å². The van der Waals surface area contributed by atoms with Crippen LogP contribution in [-0.4, -0.2) is 68.3 Å². The third kappa shape index (κ3) is 4.41. The van der Waals surface area contributed by atoms with Crippen LogP contribution in [0.4, 0.5) is 5.95 Å². The molecule has 1 fully saturated rings. The molecule has 27 heavy (non-hydrogen) atoms. The molecule has 2 aromatic heterocycles. The van der Waals surface area contributed by atoms with Crippen LogP contribution in [0.25, 0.3) is 0 Å². The highest BCUT2D eigenvalue weighted by molar-refractivity contribution is 5.77. The van der Waals surface area contributed by atoms with E-state index in [-0.39, 0.29) is 5.91 Å². The number of aryl methyl sites for hydroxylation is 1. The van der Waals surface area contributed by atoms with Crippen LogP contribution in [0, 0.1) is 0 Å².